The molecule has 0 radical (unpaired) electrons. The summed E-state index contributed by atoms with van der Waals surface area (Å²) in [4.78, 5) is 0. The Kier molecular flexibility index (Phi) is 29.9. The van der Waals surface area contributed by atoms with Gasteiger partial charge in [0.15, 0.2) is 0 Å². The van der Waals surface area contributed by atoms with Gasteiger partial charge in [0.2, 0.25) is 0 Å². The standard InChI is InChI=1S/C7H5F6Ge.3C4H10N.Hf/c8-6(9,10)14(7(11,12)13)5-3-1-2-4-5;3*1-3-5-4-2;/h1-4,14H;3*3-4H2,1-2H3;/q4*-1;+4. The third-order valence-electron chi connectivity index (χ3n) is 3.02. The van der Waals surface area contributed by atoms with Gasteiger partial charge in [0, 0.05) is 0 Å². The van der Waals surface area contributed by atoms with Crippen molar-refractivity contribution in [2.45, 2.75) is 51.6 Å². The summed E-state index contributed by atoms with van der Waals surface area (Å²) in [5.41, 5.74) is 0. The van der Waals surface area contributed by atoms with E-state index in [2.05, 4.69) is 16.0 Å². The van der Waals surface area contributed by atoms with Gasteiger partial charge in [-0.1, -0.05) is 41.5 Å². The van der Waals surface area contributed by atoms with Crippen molar-refractivity contribution in [2.24, 2.45) is 0 Å². The smallest absolute Gasteiger partial charge is 4.00 e. The maximum absolute atomic E-state index is 12.1. The molecule has 0 saturated carbocycles. The third kappa shape index (κ3) is 24.5. The summed E-state index contributed by atoms with van der Waals surface area (Å²) in [6, 6.07) is 4.16. The molecule has 0 spiro atoms. The Morgan fingerprint density at radius 2 is 0.833 bits per heavy atom. The van der Waals surface area contributed by atoms with Crippen molar-refractivity contribution in [3.05, 3.63) is 40.2 Å². The van der Waals surface area contributed by atoms with Gasteiger partial charge in [-0.25, -0.2) is 0 Å². The molecule has 1 rings (SSSR count). The molecule has 0 fully saturated rings. The predicted octanol–water partition coefficient (Wildman–Crippen LogP) is 6.24. The van der Waals surface area contributed by atoms with Gasteiger partial charge in [-0.3, -0.25) is 0 Å². The van der Waals surface area contributed by atoms with Gasteiger partial charge in [0.1, 0.15) is 0 Å². The summed E-state index contributed by atoms with van der Waals surface area (Å²) in [6.45, 7) is 18.1. The van der Waals surface area contributed by atoms with Crippen LogP contribution >= 0.6 is 0 Å². The van der Waals surface area contributed by atoms with E-state index in [9.17, 15) is 26.3 Å². The normalized spacial score (nSPS) is 10.6. The number of alkyl halides is 6. The number of hydrogen-bond donors (Lipinski definition) is 0. The van der Waals surface area contributed by atoms with Gasteiger partial charge in [0.05, 0.1) is 0 Å². The van der Waals surface area contributed by atoms with Crippen LogP contribution in [0.3, 0.4) is 0 Å². The second kappa shape index (κ2) is 23.9. The summed E-state index contributed by atoms with van der Waals surface area (Å²) < 4.78 is 72.3. The maximum Gasteiger partial charge on any atom is 4.00 e. The average Bonchev–Trinajstić information content (AvgIpc) is 3.10. The van der Waals surface area contributed by atoms with Gasteiger partial charge >= 0.3 is 105 Å². The molecule has 0 aliphatic rings. The quantitative estimate of drug-likeness (QED) is 0.188. The molecule has 1 aromatic carbocycles. The Morgan fingerprint density at radius 3 is 0.967 bits per heavy atom. The SMILES string of the molecule is CC[N-]CC.CC[N-]CC.CC[N-]CC.F[C](F)(F)[GeH]([c-]1cccc1)[C](F)(F)F.[Hf+4]. The van der Waals surface area contributed by atoms with Crippen LogP contribution in [-0.2, 0) is 25.8 Å². The molecule has 176 valence electrons. The number of rotatable bonds is 7. The van der Waals surface area contributed by atoms with Crippen LogP contribution in [-0.4, -0.2) is 63.6 Å². The molecule has 0 atom stereocenters. The maximum atomic E-state index is 12.1. The van der Waals surface area contributed by atoms with E-state index in [4.69, 9.17) is 0 Å². The first-order valence-electron chi connectivity index (χ1n) is 9.72. The van der Waals surface area contributed by atoms with Crippen LogP contribution in [0.4, 0.5) is 26.3 Å². The van der Waals surface area contributed by atoms with Crippen LogP contribution in [0.5, 0.6) is 0 Å². The van der Waals surface area contributed by atoms with Gasteiger partial charge in [-0.2, -0.15) is 39.3 Å². The first kappa shape index (κ1) is 37.5. The Morgan fingerprint density at radius 1 is 0.600 bits per heavy atom. The van der Waals surface area contributed by atoms with Crippen molar-refractivity contribution in [1.29, 1.82) is 0 Å². The largest absolute Gasteiger partial charge is 4.00 e. The molecule has 30 heavy (non-hydrogen) atoms. The van der Waals surface area contributed by atoms with Crippen molar-refractivity contribution < 1.29 is 52.2 Å². The van der Waals surface area contributed by atoms with E-state index in [1.54, 1.807) is 0 Å². The van der Waals surface area contributed by atoms with Crippen molar-refractivity contribution in [1.82, 2.24) is 0 Å². The van der Waals surface area contributed by atoms with Gasteiger partial charge in [0.25, 0.3) is 0 Å². The molecule has 0 aliphatic carbocycles. The Hall–Kier alpha value is 0.223. The zero-order valence-corrected chi connectivity index (χ0v) is 24.8. The first-order chi connectivity index (χ1) is 13.5. The summed E-state index contributed by atoms with van der Waals surface area (Å²) in [5, 5.41) is 1.69. The minimum absolute atomic E-state index is 0. The Labute approximate surface area is 201 Å². The number of hydrogen-bond acceptors (Lipinski definition) is 0. The fraction of sp³-hybridized carbons (Fsp3) is 0.737. The van der Waals surface area contributed by atoms with Crippen LogP contribution in [0.1, 0.15) is 41.5 Å². The van der Waals surface area contributed by atoms with E-state index in [1.165, 1.54) is 12.1 Å². The van der Waals surface area contributed by atoms with Crippen molar-refractivity contribution in [3.63, 3.8) is 0 Å². The second-order valence-corrected chi connectivity index (χ2v) is 11.3. The first-order valence-corrected chi connectivity index (χ1v) is 13.4. The molecule has 0 aromatic heterocycles. The summed E-state index contributed by atoms with van der Waals surface area (Å²) in [5.74, 6) is 0. The predicted molar refractivity (Wildman–Crippen MR) is 114 cm³/mol. The zero-order valence-electron chi connectivity index (χ0n) is 18.7. The van der Waals surface area contributed by atoms with Gasteiger partial charge in [-0.05, 0) is 0 Å². The van der Waals surface area contributed by atoms with Crippen molar-refractivity contribution >= 4 is 18.7 Å². The van der Waals surface area contributed by atoms with E-state index < -0.39 is 28.8 Å². The second-order valence-electron chi connectivity index (χ2n) is 5.30. The molecule has 0 aliphatic heterocycles. The third-order valence-corrected chi connectivity index (χ3v) is 7.97. The Bertz CT molecular complexity index is 395. The van der Waals surface area contributed by atoms with Crippen molar-refractivity contribution in [3.8, 4) is 0 Å². The molecule has 0 N–H and O–H groups in total. The monoisotopic (exact) mass is 673 g/mol. The van der Waals surface area contributed by atoms with Crippen LogP contribution < -0.4 is 4.40 Å². The Balaban J connectivity index is -0.000000176. The molecular weight excluding hydrogens is 635 g/mol. The topological polar surface area (TPSA) is 42.3 Å². The van der Waals surface area contributed by atoms with Crippen LogP contribution in [0.15, 0.2) is 24.3 Å². The summed E-state index contributed by atoms with van der Waals surface area (Å²) in [6.07, 6.45) is 0. The molecule has 0 bridgehead atoms. The zero-order chi connectivity index (χ0) is 23.3. The fourth-order valence-corrected chi connectivity index (χ4v) is 5.45. The minimum atomic E-state index is -5.46. The van der Waals surface area contributed by atoms with E-state index >= 15 is 0 Å². The molecule has 0 amide bonds. The fourth-order valence-electron chi connectivity index (χ4n) is 1.82. The summed E-state index contributed by atoms with van der Waals surface area (Å²) in [7, 11) is 0. The van der Waals surface area contributed by atoms with E-state index in [-0.39, 0.29) is 25.8 Å². The molecule has 11 heteroatoms. The van der Waals surface area contributed by atoms with Crippen LogP contribution in [0.25, 0.3) is 16.0 Å². The molecule has 3 nitrogen and oxygen atoms in total. The van der Waals surface area contributed by atoms with Crippen LogP contribution in [0.2, 0.25) is 0 Å². The molecule has 1 aromatic rings. The van der Waals surface area contributed by atoms with E-state index in [0.717, 1.165) is 51.4 Å². The molecular formula is C19H35F6GeHfN3. The van der Waals surface area contributed by atoms with Crippen LogP contribution in [0, 0.1) is 0 Å². The van der Waals surface area contributed by atoms with Gasteiger partial charge in [-0.15, -0.1) is 0 Å². The minimum Gasteiger partial charge on any atom is 4.00 e. The molecule has 0 unspecified atom stereocenters. The van der Waals surface area contributed by atoms with E-state index in [1.807, 2.05) is 41.5 Å². The number of halogens is 6. The molecule has 0 heterocycles. The number of nitrogens with zero attached hydrogens (tertiary/aromatic N) is 3. The van der Waals surface area contributed by atoms with Crippen molar-refractivity contribution in [2.75, 3.05) is 39.3 Å². The van der Waals surface area contributed by atoms with E-state index in [0.29, 0.717) is 0 Å². The molecule has 0 saturated heterocycles. The van der Waals surface area contributed by atoms with Gasteiger partial charge < -0.3 is 16.0 Å². The summed E-state index contributed by atoms with van der Waals surface area (Å²) >= 11 is -5.46. The average molecular weight is 671 g/mol.